The Balaban J connectivity index is 2.02. The van der Waals surface area contributed by atoms with E-state index in [1.54, 1.807) is 34.5 Å². The molecule has 0 atom stereocenters. The summed E-state index contributed by atoms with van der Waals surface area (Å²) in [6, 6.07) is 8.01. The summed E-state index contributed by atoms with van der Waals surface area (Å²) in [7, 11) is 1.56. The predicted molar refractivity (Wildman–Crippen MR) is 107 cm³/mol. The molecule has 0 aliphatic heterocycles. The number of benzene rings is 1. The van der Waals surface area contributed by atoms with Gasteiger partial charge < -0.3 is 4.57 Å². The molecule has 8 nitrogen and oxygen atoms in total. The summed E-state index contributed by atoms with van der Waals surface area (Å²) < 4.78 is 19.9. The highest BCUT2D eigenvalue weighted by Gasteiger charge is 2.22. The minimum absolute atomic E-state index is 0.155. The lowest BCUT2D eigenvalue weighted by Crippen LogP contribution is -2.40. The Labute approximate surface area is 165 Å². The van der Waals surface area contributed by atoms with E-state index < -0.39 is 17.1 Å². The van der Waals surface area contributed by atoms with Crippen LogP contribution < -0.4 is 11.2 Å². The first kappa shape index (κ1) is 18.9. The molecular weight excluding hydrogens is 375 g/mol. The fourth-order valence-corrected chi connectivity index (χ4v) is 3.59. The predicted octanol–water partition coefficient (Wildman–Crippen LogP) is 1.91. The molecule has 3 heterocycles. The fraction of sp³-hybridized carbons (Fsp3) is 0.300. The molecule has 4 rings (SSSR count). The topological polar surface area (TPSA) is 79.6 Å². The first-order valence-electron chi connectivity index (χ1n) is 9.30. The molecule has 9 heteroatoms. The van der Waals surface area contributed by atoms with Crippen molar-refractivity contribution in [2.24, 2.45) is 7.05 Å². The van der Waals surface area contributed by atoms with E-state index in [0.29, 0.717) is 12.5 Å². The maximum Gasteiger partial charge on any atom is 0.332 e. The van der Waals surface area contributed by atoms with Crippen molar-refractivity contribution in [1.29, 1.82) is 0 Å². The average Bonchev–Trinajstić information content (AvgIpc) is 3.24. The smallest absolute Gasteiger partial charge is 0.303 e. The third kappa shape index (κ3) is 2.89. The lowest BCUT2D eigenvalue weighted by Gasteiger charge is -2.10. The third-order valence-electron chi connectivity index (χ3n) is 5.01. The van der Waals surface area contributed by atoms with Crippen LogP contribution in [-0.4, -0.2) is 28.5 Å². The lowest BCUT2D eigenvalue weighted by atomic mass is 10.2. The first-order chi connectivity index (χ1) is 13.8. The van der Waals surface area contributed by atoms with E-state index in [2.05, 4.69) is 10.1 Å². The monoisotopic (exact) mass is 396 g/mol. The molecular formula is C20H21FN6O2. The molecule has 4 aromatic rings. The Hall–Kier alpha value is -3.49. The van der Waals surface area contributed by atoms with E-state index in [1.165, 1.54) is 10.6 Å². The van der Waals surface area contributed by atoms with Crippen LogP contribution in [0.2, 0.25) is 0 Å². The molecule has 0 N–H and O–H groups in total. The van der Waals surface area contributed by atoms with Crippen molar-refractivity contribution in [1.82, 2.24) is 28.5 Å². The molecule has 0 saturated carbocycles. The van der Waals surface area contributed by atoms with Crippen LogP contribution in [0, 0.1) is 19.7 Å². The Morgan fingerprint density at radius 2 is 1.83 bits per heavy atom. The normalized spacial score (nSPS) is 11.5. The summed E-state index contributed by atoms with van der Waals surface area (Å²) in [4.78, 5) is 30.7. The number of hydrogen-bond donors (Lipinski definition) is 0. The number of rotatable bonds is 4. The van der Waals surface area contributed by atoms with Gasteiger partial charge in [0.25, 0.3) is 5.56 Å². The number of aromatic nitrogens is 6. The van der Waals surface area contributed by atoms with E-state index in [9.17, 15) is 14.0 Å². The molecule has 29 heavy (non-hydrogen) atoms. The second-order valence-corrected chi connectivity index (χ2v) is 6.99. The number of fused-ring (bicyclic) bond motifs is 1. The molecule has 0 spiro atoms. The van der Waals surface area contributed by atoms with Gasteiger partial charge in [0.15, 0.2) is 11.2 Å². The number of aryl methyl sites for hydroxylation is 4. The summed E-state index contributed by atoms with van der Waals surface area (Å²) >= 11 is 0. The molecule has 3 aromatic heterocycles. The van der Waals surface area contributed by atoms with E-state index in [4.69, 9.17) is 0 Å². The number of halogens is 1. The van der Waals surface area contributed by atoms with Gasteiger partial charge in [-0.3, -0.25) is 13.9 Å². The van der Waals surface area contributed by atoms with Gasteiger partial charge in [-0.2, -0.15) is 10.1 Å². The number of nitrogens with zero attached hydrogens (tertiary/aromatic N) is 6. The summed E-state index contributed by atoms with van der Waals surface area (Å²) in [6.45, 7) is 5.96. The Kier molecular flexibility index (Phi) is 4.45. The van der Waals surface area contributed by atoms with E-state index >= 15 is 0 Å². The second-order valence-electron chi connectivity index (χ2n) is 6.99. The van der Waals surface area contributed by atoms with E-state index in [1.807, 2.05) is 26.8 Å². The maximum absolute atomic E-state index is 14.1. The molecule has 1 aromatic carbocycles. The molecule has 0 aliphatic rings. The van der Waals surface area contributed by atoms with Gasteiger partial charge in [-0.15, -0.1) is 0 Å². The van der Waals surface area contributed by atoms with Crippen molar-refractivity contribution in [3.8, 4) is 5.95 Å². The summed E-state index contributed by atoms with van der Waals surface area (Å²) in [5, 5.41) is 4.46. The highest BCUT2D eigenvalue weighted by atomic mass is 19.1. The minimum atomic E-state index is -0.550. The van der Waals surface area contributed by atoms with E-state index in [0.717, 1.165) is 16.0 Å². The third-order valence-corrected chi connectivity index (χ3v) is 5.01. The standard InChI is InChI=1S/C20H21FN6O2/c1-5-25-16-17(22-19(25)27-13(3)10-12(2)23-27)24(4)20(29)26(18(16)28)11-14-8-6-7-9-15(14)21/h6-10H,5,11H2,1-4H3. The first-order valence-corrected chi connectivity index (χ1v) is 9.30. The lowest BCUT2D eigenvalue weighted by molar-refractivity contribution is 0.581. The fourth-order valence-electron chi connectivity index (χ4n) is 3.59. The summed E-state index contributed by atoms with van der Waals surface area (Å²) in [5.41, 5.74) is 1.46. The van der Waals surface area contributed by atoms with Gasteiger partial charge in [-0.25, -0.2) is 13.9 Å². The molecule has 0 bridgehead atoms. The molecule has 0 amide bonds. The van der Waals surface area contributed by atoms with Gasteiger partial charge in [0.05, 0.1) is 12.2 Å². The quantitative estimate of drug-likeness (QED) is 0.528. The molecule has 0 unspecified atom stereocenters. The molecule has 0 saturated heterocycles. The highest BCUT2D eigenvalue weighted by Crippen LogP contribution is 2.17. The van der Waals surface area contributed by atoms with Crippen molar-refractivity contribution in [3.63, 3.8) is 0 Å². The van der Waals surface area contributed by atoms with Crippen LogP contribution >= 0.6 is 0 Å². The van der Waals surface area contributed by atoms with Gasteiger partial charge in [-0.05, 0) is 32.9 Å². The van der Waals surface area contributed by atoms with Crippen LogP contribution in [0.1, 0.15) is 23.9 Å². The molecule has 0 radical (unpaired) electrons. The van der Waals surface area contributed by atoms with E-state index in [-0.39, 0.29) is 23.3 Å². The van der Waals surface area contributed by atoms with Gasteiger partial charge >= 0.3 is 5.69 Å². The SMILES string of the molecule is CCn1c(-n2nc(C)cc2C)nc2c1c(=O)n(Cc1ccccc1F)c(=O)n2C. The Bertz CT molecular complexity index is 1360. The average molecular weight is 396 g/mol. The van der Waals surface area contributed by atoms with Crippen molar-refractivity contribution in [2.45, 2.75) is 33.9 Å². The van der Waals surface area contributed by atoms with Gasteiger partial charge in [0.1, 0.15) is 5.82 Å². The van der Waals surface area contributed by atoms with Crippen molar-refractivity contribution < 1.29 is 4.39 Å². The van der Waals surface area contributed by atoms with Crippen LogP contribution in [0.5, 0.6) is 0 Å². The zero-order chi connectivity index (χ0) is 20.9. The molecule has 0 aliphatic carbocycles. The molecule has 0 fully saturated rings. The van der Waals surface area contributed by atoms with Crippen LogP contribution in [-0.2, 0) is 20.1 Å². The van der Waals surface area contributed by atoms with Crippen LogP contribution in [0.25, 0.3) is 17.1 Å². The molecule has 150 valence electrons. The van der Waals surface area contributed by atoms with Gasteiger partial charge in [0, 0.05) is 24.8 Å². The Morgan fingerprint density at radius 3 is 2.45 bits per heavy atom. The number of hydrogen-bond acceptors (Lipinski definition) is 4. The largest absolute Gasteiger partial charge is 0.332 e. The Morgan fingerprint density at radius 1 is 1.10 bits per heavy atom. The maximum atomic E-state index is 14.1. The van der Waals surface area contributed by atoms with Crippen molar-refractivity contribution >= 4 is 11.2 Å². The van der Waals surface area contributed by atoms with Crippen LogP contribution in [0.3, 0.4) is 0 Å². The minimum Gasteiger partial charge on any atom is -0.303 e. The van der Waals surface area contributed by atoms with Gasteiger partial charge in [0.2, 0.25) is 5.95 Å². The zero-order valence-electron chi connectivity index (χ0n) is 16.7. The second kappa shape index (κ2) is 6.84. The highest BCUT2D eigenvalue weighted by molar-refractivity contribution is 5.72. The van der Waals surface area contributed by atoms with Crippen LogP contribution in [0.4, 0.5) is 4.39 Å². The number of imidazole rings is 1. The zero-order valence-corrected chi connectivity index (χ0v) is 16.7. The van der Waals surface area contributed by atoms with Crippen molar-refractivity contribution in [3.05, 3.63) is 73.9 Å². The summed E-state index contributed by atoms with van der Waals surface area (Å²) in [5.74, 6) is -0.00211. The summed E-state index contributed by atoms with van der Waals surface area (Å²) in [6.07, 6.45) is 0. The van der Waals surface area contributed by atoms with Crippen LogP contribution in [0.15, 0.2) is 39.9 Å². The van der Waals surface area contributed by atoms with Gasteiger partial charge in [-0.1, -0.05) is 18.2 Å². The van der Waals surface area contributed by atoms with Crippen molar-refractivity contribution in [2.75, 3.05) is 0 Å².